The molecule has 2 heterocycles. The highest BCUT2D eigenvalue weighted by molar-refractivity contribution is 6.32. The summed E-state index contributed by atoms with van der Waals surface area (Å²) in [7, 11) is 1.87. The van der Waals surface area contributed by atoms with Crippen molar-refractivity contribution in [3.05, 3.63) is 47.4 Å². The molecule has 2 N–H and O–H groups in total. The fourth-order valence-corrected chi connectivity index (χ4v) is 2.41. The maximum atomic E-state index is 6.18. The lowest BCUT2D eigenvalue weighted by molar-refractivity contribution is 0.756. The fraction of sp³-hybridized carbons (Fsp3) is 0.143. The third-order valence-corrected chi connectivity index (χ3v) is 3.43. The van der Waals surface area contributed by atoms with E-state index in [4.69, 9.17) is 17.3 Å². The van der Waals surface area contributed by atoms with Gasteiger partial charge in [0.2, 0.25) is 0 Å². The van der Waals surface area contributed by atoms with Gasteiger partial charge in [0.15, 0.2) is 0 Å². The predicted molar refractivity (Wildman–Crippen MR) is 79.9 cm³/mol. The third-order valence-electron chi connectivity index (χ3n) is 3.11. The van der Waals surface area contributed by atoms with Crippen LogP contribution in [-0.2, 0) is 7.05 Å². The van der Waals surface area contributed by atoms with E-state index in [9.17, 15) is 0 Å². The lowest BCUT2D eigenvalue weighted by atomic mass is 10.2. The molecule has 0 aliphatic rings. The zero-order valence-electron chi connectivity index (χ0n) is 11.2. The van der Waals surface area contributed by atoms with Crippen molar-refractivity contribution in [1.82, 2.24) is 19.6 Å². The number of nitrogen functional groups attached to an aromatic ring is 1. The zero-order valence-corrected chi connectivity index (χ0v) is 12.0. The van der Waals surface area contributed by atoms with Crippen molar-refractivity contribution < 1.29 is 0 Å². The van der Waals surface area contributed by atoms with Crippen molar-refractivity contribution in [2.75, 3.05) is 5.73 Å². The number of benzene rings is 1. The van der Waals surface area contributed by atoms with Gasteiger partial charge in [-0.2, -0.15) is 10.2 Å². The van der Waals surface area contributed by atoms with Crippen molar-refractivity contribution in [1.29, 1.82) is 0 Å². The van der Waals surface area contributed by atoms with Gasteiger partial charge in [0, 0.05) is 18.8 Å². The quantitative estimate of drug-likeness (QED) is 0.788. The summed E-state index contributed by atoms with van der Waals surface area (Å²) < 4.78 is 3.44. The van der Waals surface area contributed by atoms with Gasteiger partial charge in [-0.1, -0.05) is 23.7 Å². The van der Waals surface area contributed by atoms with Crippen LogP contribution < -0.4 is 5.73 Å². The van der Waals surface area contributed by atoms with E-state index in [1.165, 1.54) is 0 Å². The van der Waals surface area contributed by atoms with Gasteiger partial charge in [-0.15, -0.1) is 0 Å². The first-order chi connectivity index (χ1) is 9.56. The smallest absolute Gasteiger partial charge is 0.119 e. The lowest BCUT2D eigenvalue weighted by Gasteiger charge is -2.02. The van der Waals surface area contributed by atoms with E-state index >= 15 is 0 Å². The average molecular weight is 288 g/mol. The molecule has 0 fully saturated rings. The first-order valence-corrected chi connectivity index (χ1v) is 6.54. The first kappa shape index (κ1) is 12.7. The maximum absolute atomic E-state index is 6.18. The number of hydrogen-bond donors (Lipinski definition) is 1. The van der Waals surface area contributed by atoms with Crippen LogP contribution in [0.2, 0.25) is 5.02 Å². The van der Waals surface area contributed by atoms with Gasteiger partial charge in [0.05, 0.1) is 28.3 Å². The summed E-state index contributed by atoms with van der Waals surface area (Å²) in [6.45, 7) is 1.93. The topological polar surface area (TPSA) is 61.7 Å². The van der Waals surface area contributed by atoms with E-state index < -0.39 is 0 Å². The number of nitrogens with zero attached hydrogens (tertiary/aromatic N) is 4. The Labute approximate surface area is 121 Å². The summed E-state index contributed by atoms with van der Waals surface area (Å²) in [6.07, 6.45) is 3.67. The molecule has 0 saturated carbocycles. The number of hydrogen-bond acceptors (Lipinski definition) is 3. The van der Waals surface area contributed by atoms with Gasteiger partial charge in [0.25, 0.3) is 0 Å². The molecule has 0 radical (unpaired) electrons. The van der Waals surface area contributed by atoms with Crippen molar-refractivity contribution in [3.63, 3.8) is 0 Å². The van der Waals surface area contributed by atoms with E-state index in [2.05, 4.69) is 10.2 Å². The average Bonchev–Trinajstić information content (AvgIpc) is 2.92. The summed E-state index contributed by atoms with van der Waals surface area (Å²) in [5.74, 6) is 0. The minimum atomic E-state index is 0.598. The monoisotopic (exact) mass is 287 g/mol. The largest absolute Gasteiger partial charge is 0.396 e. The fourth-order valence-electron chi connectivity index (χ4n) is 2.19. The number of aryl methyl sites for hydroxylation is 2. The molecule has 3 aromatic rings. The molecule has 20 heavy (non-hydrogen) atoms. The van der Waals surface area contributed by atoms with Crippen LogP contribution in [0.3, 0.4) is 0 Å². The standard InChI is InChI=1S/C14H14ClN5/c1-9-10(7-19(2)17-9)14-12(16)8-20(18-14)13-6-4-3-5-11(13)15/h3-8H,16H2,1-2H3. The molecule has 102 valence electrons. The normalized spacial score (nSPS) is 10.9. The summed E-state index contributed by atoms with van der Waals surface area (Å²) >= 11 is 6.18. The number of nitrogens with two attached hydrogens (primary N) is 1. The number of aromatic nitrogens is 4. The highest BCUT2D eigenvalue weighted by Crippen LogP contribution is 2.29. The number of para-hydroxylation sites is 1. The van der Waals surface area contributed by atoms with Gasteiger partial charge in [-0.25, -0.2) is 4.68 Å². The summed E-state index contributed by atoms with van der Waals surface area (Å²) in [4.78, 5) is 0. The number of rotatable bonds is 2. The van der Waals surface area contributed by atoms with Crippen LogP contribution in [-0.4, -0.2) is 19.6 Å². The second kappa shape index (κ2) is 4.68. The Kier molecular flexibility index (Phi) is 2.99. The van der Waals surface area contributed by atoms with E-state index in [0.717, 1.165) is 22.6 Å². The Morgan fingerprint density at radius 2 is 1.90 bits per heavy atom. The lowest BCUT2D eigenvalue weighted by Crippen LogP contribution is -1.95. The zero-order chi connectivity index (χ0) is 14.3. The molecular weight excluding hydrogens is 274 g/mol. The molecule has 0 bridgehead atoms. The molecule has 0 amide bonds. The maximum Gasteiger partial charge on any atom is 0.119 e. The summed E-state index contributed by atoms with van der Waals surface area (Å²) in [5.41, 5.74) is 10.0. The Morgan fingerprint density at radius 3 is 2.55 bits per heavy atom. The molecule has 0 aliphatic heterocycles. The van der Waals surface area contributed by atoms with Crippen LogP contribution in [0.5, 0.6) is 0 Å². The van der Waals surface area contributed by atoms with E-state index in [1.807, 2.05) is 44.4 Å². The summed E-state index contributed by atoms with van der Waals surface area (Å²) in [6, 6.07) is 7.51. The van der Waals surface area contributed by atoms with Crippen LogP contribution in [0.4, 0.5) is 5.69 Å². The molecule has 0 spiro atoms. The van der Waals surface area contributed by atoms with Crippen LogP contribution in [0.25, 0.3) is 16.9 Å². The van der Waals surface area contributed by atoms with Crippen LogP contribution in [0.15, 0.2) is 36.7 Å². The van der Waals surface area contributed by atoms with Crippen LogP contribution in [0, 0.1) is 6.92 Å². The molecule has 6 heteroatoms. The minimum absolute atomic E-state index is 0.598. The van der Waals surface area contributed by atoms with Gasteiger partial charge >= 0.3 is 0 Å². The van der Waals surface area contributed by atoms with Crippen molar-refractivity contribution in [2.45, 2.75) is 6.92 Å². The molecule has 0 atom stereocenters. The summed E-state index contributed by atoms with van der Waals surface area (Å²) in [5, 5.41) is 9.48. The molecule has 0 saturated heterocycles. The van der Waals surface area contributed by atoms with Crippen molar-refractivity contribution in [2.24, 2.45) is 7.05 Å². The molecule has 1 aromatic carbocycles. The first-order valence-electron chi connectivity index (χ1n) is 6.17. The molecule has 3 rings (SSSR count). The molecular formula is C14H14ClN5. The second-order valence-corrected chi connectivity index (χ2v) is 5.04. The van der Waals surface area contributed by atoms with Crippen molar-refractivity contribution in [3.8, 4) is 16.9 Å². The molecule has 2 aromatic heterocycles. The van der Waals surface area contributed by atoms with Crippen LogP contribution >= 0.6 is 11.6 Å². The molecule has 0 unspecified atom stereocenters. The number of halogens is 1. The number of anilines is 1. The Balaban J connectivity index is 2.13. The predicted octanol–water partition coefficient (Wildman–Crippen LogP) is 2.82. The highest BCUT2D eigenvalue weighted by atomic mass is 35.5. The highest BCUT2D eigenvalue weighted by Gasteiger charge is 2.15. The Bertz CT molecular complexity index is 772. The van der Waals surface area contributed by atoms with E-state index in [0.29, 0.717) is 10.7 Å². The van der Waals surface area contributed by atoms with Crippen molar-refractivity contribution >= 4 is 17.3 Å². The molecule has 5 nitrogen and oxygen atoms in total. The van der Waals surface area contributed by atoms with Gasteiger partial charge in [-0.3, -0.25) is 4.68 Å². The van der Waals surface area contributed by atoms with E-state index in [-0.39, 0.29) is 0 Å². The van der Waals surface area contributed by atoms with Gasteiger partial charge in [0.1, 0.15) is 5.69 Å². The Morgan fingerprint density at radius 1 is 1.15 bits per heavy atom. The third kappa shape index (κ3) is 2.06. The van der Waals surface area contributed by atoms with E-state index in [1.54, 1.807) is 15.6 Å². The SMILES string of the molecule is Cc1nn(C)cc1-c1nn(-c2ccccc2Cl)cc1N. The van der Waals surface area contributed by atoms with Gasteiger partial charge in [-0.05, 0) is 19.1 Å². The van der Waals surface area contributed by atoms with Crippen LogP contribution in [0.1, 0.15) is 5.69 Å². The second-order valence-electron chi connectivity index (χ2n) is 4.63. The Hall–Kier alpha value is -2.27. The molecule has 0 aliphatic carbocycles. The van der Waals surface area contributed by atoms with Gasteiger partial charge < -0.3 is 5.73 Å². The minimum Gasteiger partial charge on any atom is -0.396 e.